The molecule has 1 aliphatic rings. The number of aliphatic hydroxyl groups is 1. The highest BCUT2D eigenvalue weighted by molar-refractivity contribution is 5.28. The predicted octanol–water partition coefficient (Wildman–Crippen LogP) is 2.90. The van der Waals surface area contributed by atoms with Crippen molar-refractivity contribution < 1.29 is 9.84 Å². The van der Waals surface area contributed by atoms with E-state index in [4.69, 9.17) is 4.74 Å². The van der Waals surface area contributed by atoms with Gasteiger partial charge in [0, 0.05) is 12.6 Å². The molecule has 3 unspecified atom stereocenters. The van der Waals surface area contributed by atoms with Crippen molar-refractivity contribution >= 4 is 0 Å². The lowest BCUT2D eigenvalue weighted by Gasteiger charge is -2.20. The second-order valence-corrected chi connectivity index (χ2v) is 5.39. The largest absolute Gasteiger partial charge is 0.494 e. The Morgan fingerprint density at radius 3 is 2.63 bits per heavy atom. The van der Waals surface area contributed by atoms with Gasteiger partial charge in [-0.15, -0.1) is 0 Å². The van der Waals surface area contributed by atoms with Crippen LogP contribution in [0.25, 0.3) is 0 Å². The molecule has 3 heteroatoms. The molecule has 1 fully saturated rings. The highest BCUT2D eigenvalue weighted by Crippen LogP contribution is 2.25. The van der Waals surface area contributed by atoms with Crippen LogP contribution in [0.4, 0.5) is 0 Å². The first-order chi connectivity index (χ1) is 9.20. The fourth-order valence-corrected chi connectivity index (χ4v) is 2.72. The minimum atomic E-state index is -0.111. The van der Waals surface area contributed by atoms with Crippen molar-refractivity contribution in [3.63, 3.8) is 0 Å². The molecule has 3 atom stereocenters. The standard InChI is InChI=1S/C16H25NO2/c1-3-19-15-9-7-13(8-10-15)12(2)17-11-14-5-4-6-16(14)18/h7-10,12,14,16-18H,3-6,11H2,1-2H3. The Balaban J connectivity index is 1.83. The molecular formula is C16H25NO2. The van der Waals surface area contributed by atoms with Crippen molar-refractivity contribution in [3.05, 3.63) is 29.8 Å². The van der Waals surface area contributed by atoms with Gasteiger partial charge in [0.2, 0.25) is 0 Å². The van der Waals surface area contributed by atoms with Crippen LogP contribution in [0.2, 0.25) is 0 Å². The maximum atomic E-state index is 9.81. The Morgan fingerprint density at radius 2 is 2.05 bits per heavy atom. The van der Waals surface area contributed by atoms with Gasteiger partial charge in [-0.3, -0.25) is 0 Å². The van der Waals surface area contributed by atoms with Crippen molar-refractivity contribution in [2.24, 2.45) is 5.92 Å². The zero-order valence-electron chi connectivity index (χ0n) is 11.9. The summed E-state index contributed by atoms with van der Waals surface area (Å²) in [4.78, 5) is 0. The number of hydrogen-bond donors (Lipinski definition) is 2. The van der Waals surface area contributed by atoms with Gasteiger partial charge in [0.15, 0.2) is 0 Å². The number of aliphatic hydroxyl groups excluding tert-OH is 1. The molecule has 0 amide bonds. The Kier molecular flexibility index (Phi) is 5.23. The zero-order chi connectivity index (χ0) is 13.7. The molecule has 0 aromatic heterocycles. The first-order valence-electron chi connectivity index (χ1n) is 7.35. The smallest absolute Gasteiger partial charge is 0.119 e. The number of rotatable bonds is 6. The van der Waals surface area contributed by atoms with Gasteiger partial charge < -0.3 is 15.2 Å². The van der Waals surface area contributed by atoms with E-state index in [0.29, 0.717) is 18.6 Å². The summed E-state index contributed by atoms with van der Waals surface area (Å²) < 4.78 is 5.44. The number of nitrogens with one attached hydrogen (secondary N) is 1. The maximum Gasteiger partial charge on any atom is 0.119 e. The van der Waals surface area contributed by atoms with E-state index in [1.54, 1.807) is 0 Å². The summed E-state index contributed by atoms with van der Waals surface area (Å²) in [6.07, 6.45) is 3.15. The first kappa shape index (κ1) is 14.4. The van der Waals surface area contributed by atoms with Crippen LogP contribution < -0.4 is 10.1 Å². The fraction of sp³-hybridized carbons (Fsp3) is 0.625. The lowest BCUT2D eigenvalue weighted by molar-refractivity contribution is 0.130. The van der Waals surface area contributed by atoms with E-state index in [1.165, 1.54) is 5.56 Å². The monoisotopic (exact) mass is 263 g/mol. The van der Waals surface area contributed by atoms with Crippen LogP contribution in [0.1, 0.15) is 44.7 Å². The normalized spacial score (nSPS) is 24.4. The first-order valence-corrected chi connectivity index (χ1v) is 7.35. The van der Waals surface area contributed by atoms with Gasteiger partial charge in [0.05, 0.1) is 12.7 Å². The average Bonchev–Trinajstić information content (AvgIpc) is 2.83. The number of ether oxygens (including phenoxy) is 1. The van der Waals surface area contributed by atoms with Crippen molar-refractivity contribution in [2.45, 2.75) is 45.3 Å². The molecule has 1 aromatic rings. The molecular weight excluding hydrogens is 238 g/mol. The molecule has 1 aromatic carbocycles. The quantitative estimate of drug-likeness (QED) is 0.829. The van der Waals surface area contributed by atoms with Gasteiger partial charge in [-0.05, 0) is 50.3 Å². The summed E-state index contributed by atoms with van der Waals surface area (Å²) in [5.41, 5.74) is 1.26. The Morgan fingerprint density at radius 1 is 1.32 bits per heavy atom. The summed E-state index contributed by atoms with van der Waals surface area (Å²) in [5.74, 6) is 1.34. The van der Waals surface area contributed by atoms with Crippen LogP contribution >= 0.6 is 0 Å². The minimum Gasteiger partial charge on any atom is -0.494 e. The topological polar surface area (TPSA) is 41.5 Å². The molecule has 2 N–H and O–H groups in total. The molecule has 2 rings (SSSR count). The maximum absolute atomic E-state index is 9.81. The van der Waals surface area contributed by atoms with Gasteiger partial charge in [-0.25, -0.2) is 0 Å². The molecule has 0 heterocycles. The third-order valence-corrected chi connectivity index (χ3v) is 4.00. The van der Waals surface area contributed by atoms with E-state index < -0.39 is 0 Å². The van der Waals surface area contributed by atoms with E-state index in [0.717, 1.165) is 31.6 Å². The second-order valence-electron chi connectivity index (χ2n) is 5.39. The second kappa shape index (κ2) is 6.92. The Labute approximate surface area is 116 Å². The van der Waals surface area contributed by atoms with E-state index in [2.05, 4.69) is 24.4 Å². The van der Waals surface area contributed by atoms with Crippen molar-refractivity contribution in [3.8, 4) is 5.75 Å². The van der Waals surface area contributed by atoms with E-state index in [1.807, 2.05) is 19.1 Å². The number of benzene rings is 1. The predicted molar refractivity (Wildman–Crippen MR) is 77.4 cm³/mol. The lowest BCUT2D eigenvalue weighted by atomic mass is 10.0. The fourth-order valence-electron chi connectivity index (χ4n) is 2.72. The SMILES string of the molecule is CCOc1ccc(C(C)NCC2CCCC2O)cc1. The highest BCUT2D eigenvalue weighted by Gasteiger charge is 2.25. The molecule has 0 saturated heterocycles. The summed E-state index contributed by atoms with van der Waals surface area (Å²) in [7, 11) is 0. The number of hydrogen-bond acceptors (Lipinski definition) is 3. The van der Waals surface area contributed by atoms with Gasteiger partial charge in [0.1, 0.15) is 5.75 Å². The summed E-state index contributed by atoms with van der Waals surface area (Å²) >= 11 is 0. The molecule has 0 spiro atoms. The van der Waals surface area contributed by atoms with Crippen LogP contribution in [0.15, 0.2) is 24.3 Å². The third kappa shape index (κ3) is 3.95. The van der Waals surface area contributed by atoms with Crippen molar-refractivity contribution in [1.82, 2.24) is 5.32 Å². The average molecular weight is 263 g/mol. The van der Waals surface area contributed by atoms with Crippen molar-refractivity contribution in [1.29, 1.82) is 0 Å². The van der Waals surface area contributed by atoms with Gasteiger partial charge in [-0.2, -0.15) is 0 Å². The van der Waals surface area contributed by atoms with E-state index >= 15 is 0 Å². The molecule has 1 aliphatic carbocycles. The summed E-state index contributed by atoms with van der Waals surface area (Å²) in [6, 6.07) is 8.55. The molecule has 0 aliphatic heterocycles. The molecule has 3 nitrogen and oxygen atoms in total. The summed E-state index contributed by atoms with van der Waals surface area (Å²) in [5, 5.41) is 13.3. The molecule has 1 saturated carbocycles. The Bertz CT molecular complexity index is 377. The van der Waals surface area contributed by atoms with E-state index in [9.17, 15) is 5.11 Å². The van der Waals surface area contributed by atoms with Crippen LogP contribution in [0.3, 0.4) is 0 Å². The molecule has 0 radical (unpaired) electrons. The molecule has 19 heavy (non-hydrogen) atoms. The van der Waals surface area contributed by atoms with Gasteiger partial charge in [0.25, 0.3) is 0 Å². The minimum absolute atomic E-state index is 0.111. The van der Waals surface area contributed by atoms with Gasteiger partial charge in [-0.1, -0.05) is 18.6 Å². The van der Waals surface area contributed by atoms with Crippen LogP contribution in [-0.2, 0) is 0 Å². The Hall–Kier alpha value is -1.06. The molecule has 106 valence electrons. The van der Waals surface area contributed by atoms with Crippen LogP contribution in [0, 0.1) is 5.92 Å². The molecule has 0 bridgehead atoms. The summed E-state index contributed by atoms with van der Waals surface area (Å²) in [6.45, 7) is 5.75. The third-order valence-electron chi connectivity index (χ3n) is 4.00. The van der Waals surface area contributed by atoms with Gasteiger partial charge >= 0.3 is 0 Å². The van der Waals surface area contributed by atoms with E-state index in [-0.39, 0.29) is 6.10 Å². The zero-order valence-corrected chi connectivity index (χ0v) is 11.9. The lowest BCUT2D eigenvalue weighted by Crippen LogP contribution is -2.29. The van der Waals surface area contributed by atoms with Crippen LogP contribution in [-0.4, -0.2) is 24.4 Å². The van der Waals surface area contributed by atoms with Crippen LogP contribution in [0.5, 0.6) is 5.75 Å². The highest BCUT2D eigenvalue weighted by atomic mass is 16.5. The van der Waals surface area contributed by atoms with Crippen molar-refractivity contribution in [2.75, 3.05) is 13.2 Å².